The van der Waals surface area contributed by atoms with E-state index in [2.05, 4.69) is 12.2 Å². The number of carbonyl (C=O) groups is 2. The largest absolute Gasteiger partial charge is 0.480 e. The standard InChI is InChI=1S/C10H19NO3S/c1-4-5-6-11-8(12)7-15-10(2,3)9(13)14/h4-7H2,1-3H3,(H,11,12)(H,13,14). The number of carboxylic acids is 1. The lowest BCUT2D eigenvalue weighted by molar-refractivity contribution is -0.138. The van der Waals surface area contributed by atoms with Gasteiger partial charge in [0.2, 0.25) is 5.91 Å². The summed E-state index contributed by atoms with van der Waals surface area (Å²) in [5.41, 5.74) is 0. The van der Waals surface area contributed by atoms with Gasteiger partial charge in [0.25, 0.3) is 0 Å². The average molecular weight is 233 g/mol. The fraction of sp³-hybridized carbons (Fsp3) is 0.800. The molecule has 0 heterocycles. The molecule has 0 aromatic rings. The molecule has 0 aliphatic carbocycles. The summed E-state index contributed by atoms with van der Waals surface area (Å²) in [7, 11) is 0. The Kier molecular flexibility index (Phi) is 6.40. The topological polar surface area (TPSA) is 66.4 Å². The second kappa shape index (κ2) is 6.71. The van der Waals surface area contributed by atoms with Crippen LogP contribution in [0.3, 0.4) is 0 Å². The van der Waals surface area contributed by atoms with Crippen LogP contribution in [0.2, 0.25) is 0 Å². The molecule has 4 nitrogen and oxygen atoms in total. The molecule has 15 heavy (non-hydrogen) atoms. The molecule has 0 fully saturated rings. The molecule has 0 bridgehead atoms. The minimum absolute atomic E-state index is 0.0947. The van der Waals surface area contributed by atoms with Gasteiger partial charge in [0, 0.05) is 6.54 Å². The summed E-state index contributed by atoms with van der Waals surface area (Å²) >= 11 is 1.14. The second-order valence-corrected chi connectivity index (χ2v) is 5.41. The molecule has 0 saturated carbocycles. The Bertz CT molecular complexity index is 229. The van der Waals surface area contributed by atoms with Gasteiger partial charge in [0.05, 0.1) is 5.75 Å². The van der Waals surface area contributed by atoms with Crippen LogP contribution in [-0.2, 0) is 9.59 Å². The minimum Gasteiger partial charge on any atom is -0.480 e. The van der Waals surface area contributed by atoms with Crippen molar-refractivity contribution in [3.05, 3.63) is 0 Å². The van der Waals surface area contributed by atoms with Crippen molar-refractivity contribution >= 4 is 23.6 Å². The highest BCUT2D eigenvalue weighted by atomic mass is 32.2. The first kappa shape index (κ1) is 14.3. The van der Waals surface area contributed by atoms with Crippen molar-refractivity contribution in [1.82, 2.24) is 5.32 Å². The number of hydrogen-bond donors (Lipinski definition) is 2. The summed E-state index contributed by atoms with van der Waals surface area (Å²) in [5, 5.41) is 11.6. The predicted molar refractivity (Wildman–Crippen MR) is 62.1 cm³/mol. The molecule has 88 valence electrons. The number of unbranched alkanes of at least 4 members (excludes halogenated alkanes) is 1. The summed E-state index contributed by atoms with van der Waals surface area (Å²) in [6.45, 7) is 5.91. The molecule has 0 radical (unpaired) electrons. The van der Waals surface area contributed by atoms with Crippen LogP contribution in [0.5, 0.6) is 0 Å². The third-order valence-electron chi connectivity index (χ3n) is 1.93. The molecule has 0 rings (SSSR count). The number of hydrogen-bond acceptors (Lipinski definition) is 3. The van der Waals surface area contributed by atoms with Crippen molar-refractivity contribution in [2.45, 2.75) is 38.4 Å². The average Bonchev–Trinajstić information content (AvgIpc) is 2.15. The highest BCUT2D eigenvalue weighted by Gasteiger charge is 2.28. The third kappa shape index (κ3) is 6.38. The monoisotopic (exact) mass is 233 g/mol. The van der Waals surface area contributed by atoms with Crippen LogP contribution in [0.1, 0.15) is 33.6 Å². The lowest BCUT2D eigenvalue weighted by Gasteiger charge is -2.17. The van der Waals surface area contributed by atoms with Crippen LogP contribution >= 0.6 is 11.8 Å². The van der Waals surface area contributed by atoms with Crippen LogP contribution in [0.25, 0.3) is 0 Å². The van der Waals surface area contributed by atoms with Crippen LogP contribution in [0.15, 0.2) is 0 Å². The number of carbonyl (C=O) groups excluding carboxylic acids is 1. The van der Waals surface area contributed by atoms with Gasteiger partial charge in [0.1, 0.15) is 4.75 Å². The zero-order chi connectivity index (χ0) is 11.9. The molecular weight excluding hydrogens is 214 g/mol. The Morgan fingerprint density at radius 1 is 1.40 bits per heavy atom. The van der Waals surface area contributed by atoms with E-state index in [-0.39, 0.29) is 11.7 Å². The maximum atomic E-state index is 11.3. The summed E-state index contributed by atoms with van der Waals surface area (Å²) in [6, 6.07) is 0. The van der Waals surface area contributed by atoms with Gasteiger partial charge >= 0.3 is 5.97 Å². The van der Waals surface area contributed by atoms with Crippen LogP contribution < -0.4 is 5.32 Å². The molecule has 0 unspecified atom stereocenters. The smallest absolute Gasteiger partial charge is 0.319 e. The molecule has 1 amide bonds. The van der Waals surface area contributed by atoms with E-state index < -0.39 is 10.7 Å². The lowest BCUT2D eigenvalue weighted by atomic mass is 10.2. The zero-order valence-corrected chi connectivity index (χ0v) is 10.3. The number of nitrogens with one attached hydrogen (secondary N) is 1. The zero-order valence-electron chi connectivity index (χ0n) is 9.50. The maximum Gasteiger partial charge on any atom is 0.319 e. The van der Waals surface area contributed by atoms with Gasteiger partial charge < -0.3 is 10.4 Å². The fourth-order valence-electron chi connectivity index (χ4n) is 0.763. The first-order chi connectivity index (χ1) is 6.90. The fourth-order valence-corrected chi connectivity index (χ4v) is 1.48. The van der Waals surface area contributed by atoms with E-state index >= 15 is 0 Å². The Morgan fingerprint density at radius 2 is 2.00 bits per heavy atom. The van der Waals surface area contributed by atoms with E-state index in [0.29, 0.717) is 6.54 Å². The Morgan fingerprint density at radius 3 is 2.47 bits per heavy atom. The molecule has 0 saturated heterocycles. The van der Waals surface area contributed by atoms with Crippen LogP contribution in [0.4, 0.5) is 0 Å². The third-order valence-corrected chi connectivity index (χ3v) is 3.23. The highest BCUT2D eigenvalue weighted by molar-refractivity contribution is 8.01. The summed E-state index contributed by atoms with van der Waals surface area (Å²) < 4.78 is -0.901. The Hall–Kier alpha value is -0.710. The number of rotatable bonds is 7. The van der Waals surface area contributed by atoms with Crippen molar-refractivity contribution in [2.24, 2.45) is 0 Å². The van der Waals surface area contributed by atoms with Gasteiger partial charge in [-0.1, -0.05) is 13.3 Å². The van der Waals surface area contributed by atoms with E-state index in [4.69, 9.17) is 5.11 Å². The Balaban J connectivity index is 3.75. The van der Waals surface area contributed by atoms with Crippen molar-refractivity contribution in [2.75, 3.05) is 12.3 Å². The number of amides is 1. The van der Waals surface area contributed by atoms with Gasteiger partial charge in [-0.3, -0.25) is 9.59 Å². The molecule has 0 aromatic heterocycles. The van der Waals surface area contributed by atoms with Crippen molar-refractivity contribution < 1.29 is 14.7 Å². The summed E-state index contributed by atoms with van der Waals surface area (Å²) in [5.74, 6) is -0.792. The summed E-state index contributed by atoms with van der Waals surface area (Å²) in [6.07, 6.45) is 1.99. The van der Waals surface area contributed by atoms with Crippen LogP contribution in [0, 0.1) is 0 Å². The van der Waals surface area contributed by atoms with Crippen molar-refractivity contribution in [3.63, 3.8) is 0 Å². The number of aliphatic carboxylic acids is 1. The quantitative estimate of drug-likeness (QED) is 0.654. The molecule has 0 aromatic carbocycles. The van der Waals surface area contributed by atoms with Gasteiger partial charge in [-0.25, -0.2) is 0 Å². The van der Waals surface area contributed by atoms with Gasteiger partial charge in [-0.05, 0) is 20.3 Å². The SMILES string of the molecule is CCCCNC(=O)CSC(C)(C)C(=O)O. The predicted octanol–water partition coefficient (Wildman–Crippen LogP) is 1.50. The molecule has 0 spiro atoms. The van der Waals surface area contributed by atoms with Crippen molar-refractivity contribution in [1.29, 1.82) is 0 Å². The van der Waals surface area contributed by atoms with Gasteiger partial charge in [-0.2, -0.15) is 0 Å². The Labute approximate surface area is 94.8 Å². The number of thioether (sulfide) groups is 1. The maximum absolute atomic E-state index is 11.3. The van der Waals surface area contributed by atoms with Gasteiger partial charge in [-0.15, -0.1) is 11.8 Å². The summed E-state index contributed by atoms with van der Waals surface area (Å²) in [4.78, 5) is 22.0. The normalized spacial score (nSPS) is 11.1. The lowest BCUT2D eigenvalue weighted by Crippen LogP contribution is -2.32. The molecule has 0 atom stereocenters. The van der Waals surface area contributed by atoms with Gasteiger partial charge in [0.15, 0.2) is 0 Å². The molecular formula is C10H19NO3S. The highest BCUT2D eigenvalue weighted by Crippen LogP contribution is 2.23. The number of carboxylic acid groups (broad SMARTS) is 1. The molecule has 0 aliphatic heterocycles. The van der Waals surface area contributed by atoms with E-state index in [0.717, 1.165) is 24.6 Å². The van der Waals surface area contributed by atoms with E-state index in [1.54, 1.807) is 13.8 Å². The molecule has 2 N–H and O–H groups in total. The second-order valence-electron chi connectivity index (χ2n) is 3.81. The van der Waals surface area contributed by atoms with E-state index in [1.165, 1.54) is 0 Å². The minimum atomic E-state index is -0.901. The molecule has 0 aliphatic rings. The van der Waals surface area contributed by atoms with E-state index in [9.17, 15) is 9.59 Å². The van der Waals surface area contributed by atoms with E-state index in [1.807, 2.05) is 0 Å². The first-order valence-corrected chi connectivity index (χ1v) is 6.02. The van der Waals surface area contributed by atoms with Crippen molar-refractivity contribution in [3.8, 4) is 0 Å². The van der Waals surface area contributed by atoms with Crippen LogP contribution in [-0.4, -0.2) is 34.0 Å². The molecule has 5 heteroatoms. The first-order valence-electron chi connectivity index (χ1n) is 5.04.